The van der Waals surface area contributed by atoms with Gasteiger partial charge in [-0.25, -0.2) is 0 Å². The summed E-state index contributed by atoms with van der Waals surface area (Å²) in [5, 5.41) is 0. The van der Waals surface area contributed by atoms with Crippen molar-refractivity contribution in [2.75, 3.05) is 0 Å². The molecule has 0 heteroatoms. The Hall–Kier alpha value is 0. The Labute approximate surface area is 72.4 Å². The van der Waals surface area contributed by atoms with E-state index in [2.05, 4.69) is 27.7 Å². The number of hydrogen-bond acceptors (Lipinski definition) is 0. The lowest BCUT2D eigenvalue weighted by Gasteiger charge is -2.18. The van der Waals surface area contributed by atoms with Gasteiger partial charge in [-0.2, -0.15) is 0 Å². The molecule has 1 atom stereocenters. The zero-order valence-electron chi connectivity index (χ0n) is 8.10. The summed E-state index contributed by atoms with van der Waals surface area (Å²) in [6.45, 7) is 12.4. The van der Waals surface area contributed by atoms with Crippen LogP contribution in [0.15, 0.2) is 0 Å². The average Bonchev–Trinajstić information content (AvgIpc) is 1.97. The third-order valence-electron chi connectivity index (χ3n) is 2.39. The molecule has 0 N–H and O–H groups in total. The second kappa shape index (κ2) is 6.69. The Balaban J connectivity index is 3.36. The van der Waals surface area contributed by atoms with Gasteiger partial charge in [-0.3, -0.25) is 0 Å². The quantitative estimate of drug-likeness (QED) is 0.509. The summed E-state index contributed by atoms with van der Waals surface area (Å²) in [6.07, 6.45) is 6.14. The van der Waals surface area contributed by atoms with Crippen molar-refractivity contribution in [3.05, 3.63) is 13.8 Å². The molecule has 0 aromatic heterocycles. The average molecular weight is 154 g/mol. The van der Waals surface area contributed by atoms with E-state index in [4.69, 9.17) is 0 Å². The minimum atomic E-state index is 0.803. The molecule has 0 aromatic carbocycles. The van der Waals surface area contributed by atoms with Crippen molar-refractivity contribution < 1.29 is 0 Å². The molecule has 0 amide bonds. The maximum Gasteiger partial charge on any atom is -0.0391 e. The van der Waals surface area contributed by atoms with Crippen molar-refractivity contribution >= 4 is 0 Å². The van der Waals surface area contributed by atoms with E-state index in [0.29, 0.717) is 0 Å². The maximum absolute atomic E-state index is 3.97. The van der Waals surface area contributed by atoms with E-state index in [1.807, 2.05) is 0 Å². The van der Waals surface area contributed by atoms with Crippen LogP contribution in [0.3, 0.4) is 0 Å². The van der Waals surface area contributed by atoms with Crippen molar-refractivity contribution in [2.24, 2.45) is 11.8 Å². The maximum atomic E-state index is 3.97. The second-order valence-corrected chi connectivity index (χ2v) is 3.64. The Morgan fingerprint density at radius 1 is 1.09 bits per heavy atom. The van der Waals surface area contributed by atoms with Gasteiger partial charge in [-0.05, 0) is 11.8 Å². The van der Waals surface area contributed by atoms with E-state index in [1.165, 1.54) is 19.3 Å². The van der Waals surface area contributed by atoms with Gasteiger partial charge in [-0.1, -0.05) is 59.8 Å². The first kappa shape index (κ1) is 11.0. The molecule has 0 spiro atoms. The molecule has 2 radical (unpaired) electrons. The molecule has 0 heterocycles. The highest BCUT2D eigenvalue weighted by Crippen LogP contribution is 2.21. The highest BCUT2D eigenvalue weighted by molar-refractivity contribution is 4.64. The van der Waals surface area contributed by atoms with Crippen molar-refractivity contribution in [1.82, 2.24) is 0 Å². The zero-order chi connectivity index (χ0) is 8.69. The minimum Gasteiger partial charge on any atom is -0.0625 e. The van der Waals surface area contributed by atoms with Gasteiger partial charge in [0.2, 0.25) is 0 Å². The predicted molar refractivity (Wildman–Crippen MR) is 52.1 cm³/mol. The van der Waals surface area contributed by atoms with E-state index in [0.717, 1.165) is 24.7 Å². The zero-order valence-corrected chi connectivity index (χ0v) is 8.10. The van der Waals surface area contributed by atoms with Crippen LogP contribution in [0.25, 0.3) is 0 Å². The molecule has 0 nitrogen and oxygen atoms in total. The van der Waals surface area contributed by atoms with Crippen molar-refractivity contribution in [3.8, 4) is 0 Å². The summed E-state index contributed by atoms with van der Waals surface area (Å²) >= 11 is 0. The number of rotatable bonds is 6. The molecular formula is C11H22. The van der Waals surface area contributed by atoms with Crippen LogP contribution in [0.2, 0.25) is 0 Å². The molecule has 0 aromatic rings. The van der Waals surface area contributed by atoms with Crippen LogP contribution in [0.4, 0.5) is 0 Å². The second-order valence-electron chi connectivity index (χ2n) is 3.64. The van der Waals surface area contributed by atoms with Gasteiger partial charge in [0.15, 0.2) is 0 Å². The first-order chi connectivity index (χ1) is 5.22. The highest BCUT2D eigenvalue weighted by Gasteiger charge is 2.09. The molecule has 0 aliphatic heterocycles. The van der Waals surface area contributed by atoms with Gasteiger partial charge in [0.25, 0.3) is 0 Å². The van der Waals surface area contributed by atoms with Gasteiger partial charge in [0.1, 0.15) is 0 Å². The summed E-state index contributed by atoms with van der Waals surface area (Å²) in [6, 6.07) is 0. The summed E-state index contributed by atoms with van der Waals surface area (Å²) in [4.78, 5) is 0. The van der Waals surface area contributed by atoms with Crippen LogP contribution in [-0.4, -0.2) is 0 Å². The van der Waals surface area contributed by atoms with E-state index < -0.39 is 0 Å². The van der Waals surface area contributed by atoms with E-state index in [1.54, 1.807) is 0 Å². The highest BCUT2D eigenvalue weighted by atomic mass is 14.1. The first-order valence-electron chi connectivity index (χ1n) is 4.80. The third kappa shape index (κ3) is 5.29. The smallest absolute Gasteiger partial charge is 0.0391 e. The summed E-state index contributed by atoms with van der Waals surface area (Å²) < 4.78 is 0. The molecular weight excluding hydrogens is 132 g/mol. The standard InChI is InChI=1S/C11H22/c1-5-7-8-9-11(6-2)10(3)4/h10-11H,1-2,5-9H2,3-4H3. The van der Waals surface area contributed by atoms with E-state index in [-0.39, 0.29) is 0 Å². The molecule has 0 fully saturated rings. The number of hydrogen-bond donors (Lipinski definition) is 0. The Kier molecular flexibility index (Phi) is 6.69. The van der Waals surface area contributed by atoms with Crippen LogP contribution in [-0.2, 0) is 0 Å². The lowest BCUT2D eigenvalue weighted by atomic mass is 9.88. The van der Waals surface area contributed by atoms with Crippen LogP contribution in [0, 0.1) is 25.7 Å². The lowest BCUT2D eigenvalue weighted by molar-refractivity contribution is 0.350. The third-order valence-corrected chi connectivity index (χ3v) is 2.39. The largest absolute Gasteiger partial charge is 0.0625 e. The van der Waals surface area contributed by atoms with E-state index >= 15 is 0 Å². The van der Waals surface area contributed by atoms with Gasteiger partial charge in [0.05, 0.1) is 0 Å². The fourth-order valence-electron chi connectivity index (χ4n) is 1.39. The van der Waals surface area contributed by atoms with Crippen molar-refractivity contribution in [3.63, 3.8) is 0 Å². The van der Waals surface area contributed by atoms with Gasteiger partial charge in [-0.15, -0.1) is 0 Å². The molecule has 0 saturated heterocycles. The Morgan fingerprint density at radius 3 is 2.09 bits per heavy atom. The Bertz CT molecular complexity index is 74.1. The SMILES string of the molecule is [CH2]CCCCC(C[CH2])C(C)C. The summed E-state index contributed by atoms with van der Waals surface area (Å²) in [5.74, 6) is 1.64. The molecule has 0 bridgehead atoms. The predicted octanol–water partition coefficient (Wildman–Crippen LogP) is 3.88. The van der Waals surface area contributed by atoms with Gasteiger partial charge in [0, 0.05) is 0 Å². The molecule has 1 unspecified atom stereocenters. The van der Waals surface area contributed by atoms with Gasteiger partial charge < -0.3 is 0 Å². The normalized spacial score (nSPS) is 13.9. The van der Waals surface area contributed by atoms with Crippen molar-refractivity contribution in [2.45, 2.75) is 46.0 Å². The topological polar surface area (TPSA) is 0 Å². The van der Waals surface area contributed by atoms with E-state index in [9.17, 15) is 0 Å². The van der Waals surface area contributed by atoms with Gasteiger partial charge >= 0.3 is 0 Å². The summed E-state index contributed by atoms with van der Waals surface area (Å²) in [7, 11) is 0. The molecule has 0 aliphatic rings. The first-order valence-corrected chi connectivity index (χ1v) is 4.80. The number of unbranched alkanes of at least 4 members (excludes halogenated alkanes) is 2. The summed E-state index contributed by atoms with van der Waals surface area (Å²) in [5.41, 5.74) is 0. The lowest BCUT2D eigenvalue weighted by Crippen LogP contribution is -2.06. The molecule has 0 saturated carbocycles. The fraction of sp³-hybridized carbons (Fsp3) is 0.818. The monoisotopic (exact) mass is 154 g/mol. The van der Waals surface area contributed by atoms with Crippen LogP contribution >= 0.6 is 0 Å². The molecule has 11 heavy (non-hydrogen) atoms. The van der Waals surface area contributed by atoms with Crippen molar-refractivity contribution in [1.29, 1.82) is 0 Å². The Morgan fingerprint density at radius 2 is 1.73 bits per heavy atom. The minimum absolute atomic E-state index is 0.803. The van der Waals surface area contributed by atoms with Crippen LogP contribution in [0.1, 0.15) is 46.0 Å². The molecule has 0 rings (SSSR count). The molecule has 0 aliphatic carbocycles. The van der Waals surface area contributed by atoms with Crippen LogP contribution in [0.5, 0.6) is 0 Å². The fourth-order valence-corrected chi connectivity index (χ4v) is 1.39. The van der Waals surface area contributed by atoms with Crippen LogP contribution < -0.4 is 0 Å². The molecule has 66 valence electrons.